The van der Waals surface area contributed by atoms with Crippen LogP contribution in [-0.2, 0) is 4.79 Å². The van der Waals surface area contributed by atoms with Crippen molar-refractivity contribution in [1.29, 1.82) is 0 Å². The zero-order valence-electron chi connectivity index (χ0n) is 8.64. The maximum Gasteiger partial charge on any atom is 0.306 e. The summed E-state index contributed by atoms with van der Waals surface area (Å²) in [5.74, 6) is 0.916. The van der Waals surface area contributed by atoms with Crippen LogP contribution in [-0.4, -0.2) is 33.8 Å². The standard InChI is InChI=1S/C10H18O3S/c1-6(7(2)10(12)13)9(11)8-3-4-14-5-8/h6-9,11H,3-5H2,1-2H3,(H,12,13). The monoisotopic (exact) mass is 218 g/mol. The van der Waals surface area contributed by atoms with E-state index in [1.54, 1.807) is 6.92 Å². The molecule has 0 bridgehead atoms. The number of carboxylic acid groups (broad SMARTS) is 1. The molecule has 0 aromatic heterocycles. The fourth-order valence-corrected chi connectivity index (χ4v) is 3.07. The Morgan fingerprint density at radius 3 is 2.57 bits per heavy atom. The van der Waals surface area contributed by atoms with Gasteiger partial charge in [0, 0.05) is 0 Å². The van der Waals surface area contributed by atoms with E-state index in [1.807, 2.05) is 18.7 Å². The van der Waals surface area contributed by atoms with Gasteiger partial charge in [0.25, 0.3) is 0 Å². The molecular weight excluding hydrogens is 200 g/mol. The molecule has 3 nitrogen and oxygen atoms in total. The van der Waals surface area contributed by atoms with Crippen molar-refractivity contribution in [3.05, 3.63) is 0 Å². The number of rotatable bonds is 4. The Bertz CT molecular complexity index is 202. The number of aliphatic hydroxyl groups excluding tert-OH is 1. The van der Waals surface area contributed by atoms with Crippen LogP contribution in [0.5, 0.6) is 0 Å². The van der Waals surface area contributed by atoms with E-state index in [2.05, 4.69) is 0 Å². The molecule has 0 amide bonds. The van der Waals surface area contributed by atoms with Gasteiger partial charge in [0.15, 0.2) is 0 Å². The molecule has 1 heterocycles. The number of carboxylic acids is 1. The second-order valence-electron chi connectivity index (χ2n) is 4.10. The molecule has 1 aliphatic heterocycles. The average molecular weight is 218 g/mol. The molecule has 1 aliphatic rings. The van der Waals surface area contributed by atoms with Crippen molar-refractivity contribution in [3.63, 3.8) is 0 Å². The summed E-state index contributed by atoms with van der Waals surface area (Å²) in [6.45, 7) is 3.49. The molecule has 0 aromatic rings. The van der Waals surface area contributed by atoms with E-state index in [-0.39, 0.29) is 11.8 Å². The van der Waals surface area contributed by atoms with Crippen LogP contribution in [0.3, 0.4) is 0 Å². The van der Waals surface area contributed by atoms with Crippen molar-refractivity contribution < 1.29 is 15.0 Å². The smallest absolute Gasteiger partial charge is 0.306 e. The van der Waals surface area contributed by atoms with Crippen LogP contribution in [0, 0.1) is 17.8 Å². The van der Waals surface area contributed by atoms with Gasteiger partial charge in [-0.3, -0.25) is 4.79 Å². The van der Waals surface area contributed by atoms with Crippen molar-refractivity contribution in [2.45, 2.75) is 26.4 Å². The summed E-state index contributed by atoms with van der Waals surface area (Å²) < 4.78 is 0. The Balaban J connectivity index is 2.49. The SMILES string of the molecule is CC(C(=O)O)C(C)C(O)C1CCSC1. The van der Waals surface area contributed by atoms with Gasteiger partial charge < -0.3 is 10.2 Å². The molecule has 0 radical (unpaired) electrons. The van der Waals surface area contributed by atoms with Crippen LogP contribution in [0.1, 0.15) is 20.3 Å². The van der Waals surface area contributed by atoms with E-state index in [0.29, 0.717) is 0 Å². The molecule has 14 heavy (non-hydrogen) atoms. The number of carbonyl (C=O) groups is 1. The summed E-state index contributed by atoms with van der Waals surface area (Å²) in [5.41, 5.74) is 0. The molecule has 1 rings (SSSR count). The highest BCUT2D eigenvalue weighted by Crippen LogP contribution is 2.31. The molecule has 0 spiro atoms. The van der Waals surface area contributed by atoms with Crippen LogP contribution in [0.15, 0.2) is 0 Å². The van der Waals surface area contributed by atoms with Gasteiger partial charge in [-0.1, -0.05) is 13.8 Å². The molecule has 2 N–H and O–H groups in total. The molecule has 82 valence electrons. The highest BCUT2D eigenvalue weighted by atomic mass is 32.2. The average Bonchev–Trinajstić information content (AvgIpc) is 2.67. The van der Waals surface area contributed by atoms with E-state index in [0.717, 1.165) is 17.9 Å². The Morgan fingerprint density at radius 1 is 1.50 bits per heavy atom. The zero-order valence-corrected chi connectivity index (χ0v) is 9.46. The molecule has 1 fully saturated rings. The first-order valence-corrected chi connectivity index (χ1v) is 6.18. The molecule has 4 atom stereocenters. The molecule has 4 heteroatoms. The van der Waals surface area contributed by atoms with Crippen LogP contribution in [0.25, 0.3) is 0 Å². The number of hydrogen-bond acceptors (Lipinski definition) is 3. The second kappa shape index (κ2) is 5.03. The summed E-state index contributed by atoms with van der Waals surface area (Å²) in [6.07, 6.45) is 0.554. The van der Waals surface area contributed by atoms with E-state index in [9.17, 15) is 9.90 Å². The van der Waals surface area contributed by atoms with Crippen molar-refractivity contribution in [2.24, 2.45) is 17.8 Å². The van der Waals surface area contributed by atoms with E-state index in [1.165, 1.54) is 0 Å². The Labute approximate surface area is 88.9 Å². The summed E-state index contributed by atoms with van der Waals surface area (Å²) in [5, 5.41) is 18.8. The Hall–Kier alpha value is -0.220. The second-order valence-corrected chi connectivity index (χ2v) is 5.25. The van der Waals surface area contributed by atoms with Crippen LogP contribution < -0.4 is 0 Å². The number of hydrogen-bond donors (Lipinski definition) is 2. The first-order valence-electron chi connectivity index (χ1n) is 5.02. The summed E-state index contributed by atoms with van der Waals surface area (Å²) >= 11 is 1.84. The predicted octanol–water partition coefficient (Wildman–Crippen LogP) is 1.46. The van der Waals surface area contributed by atoms with Gasteiger partial charge >= 0.3 is 5.97 Å². The van der Waals surface area contributed by atoms with Gasteiger partial charge in [-0.2, -0.15) is 11.8 Å². The molecule has 4 unspecified atom stereocenters. The lowest BCUT2D eigenvalue weighted by molar-refractivity contribution is -0.144. The third-order valence-corrected chi connectivity index (χ3v) is 4.35. The first kappa shape index (κ1) is 11.9. The fourth-order valence-electron chi connectivity index (χ4n) is 1.77. The molecule has 0 saturated carbocycles. The van der Waals surface area contributed by atoms with Crippen LogP contribution >= 0.6 is 11.8 Å². The minimum absolute atomic E-state index is 0.156. The zero-order chi connectivity index (χ0) is 10.7. The topological polar surface area (TPSA) is 57.5 Å². The van der Waals surface area contributed by atoms with Gasteiger partial charge in [-0.15, -0.1) is 0 Å². The highest BCUT2D eigenvalue weighted by molar-refractivity contribution is 7.99. The lowest BCUT2D eigenvalue weighted by atomic mass is 9.84. The lowest BCUT2D eigenvalue weighted by Gasteiger charge is -2.26. The summed E-state index contributed by atoms with van der Waals surface area (Å²) in [6, 6.07) is 0. The highest BCUT2D eigenvalue weighted by Gasteiger charge is 2.33. The maximum atomic E-state index is 10.7. The van der Waals surface area contributed by atoms with Crippen molar-refractivity contribution in [1.82, 2.24) is 0 Å². The summed E-state index contributed by atoms with van der Waals surface area (Å²) in [4.78, 5) is 10.7. The predicted molar refractivity (Wildman–Crippen MR) is 57.4 cm³/mol. The van der Waals surface area contributed by atoms with Crippen molar-refractivity contribution >= 4 is 17.7 Å². The normalized spacial score (nSPS) is 28.4. The third-order valence-electron chi connectivity index (χ3n) is 3.16. The molecule has 1 saturated heterocycles. The van der Waals surface area contributed by atoms with Gasteiger partial charge in [-0.05, 0) is 29.8 Å². The maximum absolute atomic E-state index is 10.7. The Kier molecular flexibility index (Phi) is 4.26. The number of thioether (sulfide) groups is 1. The quantitative estimate of drug-likeness (QED) is 0.750. The van der Waals surface area contributed by atoms with E-state index < -0.39 is 18.0 Å². The van der Waals surface area contributed by atoms with E-state index in [4.69, 9.17) is 5.11 Å². The number of aliphatic carboxylic acids is 1. The van der Waals surface area contributed by atoms with Crippen LogP contribution in [0.2, 0.25) is 0 Å². The van der Waals surface area contributed by atoms with Crippen molar-refractivity contribution in [2.75, 3.05) is 11.5 Å². The fraction of sp³-hybridized carbons (Fsp3) is 0.900. The van der Waals surface area contributed by atoms with Crippen LogP contribution in [0.4, 0.5) is 0 Å². The molecule has 0 aliphatic carbocycles. The van der Waals surface area contributed by atoms with Crippen molar-refractivity contribution in [3.8, 4) is 0 Å². The lowest BCUT2D eigenvalue weighted by Crippen LogP contribution is -2.34. The van der Waals surface area contributed by atoms with Gasteiger partial charge in [0.1, 0.15) is 0 Å². The molecule has 0 aromatic carbocycles. The largest absolute Gasteiger partial charge is 0.481 e. The summed E-state index contributed by atoms with van der Waals surface area (Å²) in [7, 11) is 0. The molecular formula is C10H18O3S. The first-order chi connectivity index (χ1) is 6.54. The minimum atomic E-state index is -0.817. The minimum Gasteiger partial charge on any atom is -0.481 e. The Morgan fingerprint density at radius 2 is 2.14 bits per heavy atom. The van der Waals surface area contributed by atoms with Gasteiger partial charge in [0.2, 0.25) is 0 Å². The third kappa shape index (κ3) is 2.64. The van der Waals surface area contributed by atoms with Gasteiger partial charge in [0.05, 0.1) is 12.0 Å². The van der Waals surface area contributed by atoms with Gasteiger partial charge in [-0.25, -0.2) is 0 Å². The van der Waals surface area contributed by atoms with E-state index >= 15 is 0 Å². The number of aliphatic hydroxyl groups is 1.